The number of ether oxygens (including phenoxy) is 3. The van der Waals surface area contributed by atoms with Gasteiger partial charge in [0.1, 0.15) is 18.6 Å². The van der Waals surface area contributed by atoms with E-state index in [2.05, 4.69) is 59.5 Å². The summed E-state index contributed by atoms with van der Waals surface area (Å²) in [5.41, 5.74) is 2.88. The Morgan fingerprint density at radius 2 is 1.84 bits per heavy atom. The number of rotatable bonds is 16. The van der Waals surface area contributed by atoms with E-state index in [1.165, 1.54) is 5.39 Å². The van der Waals surface area contributed by atoms with Crippen LogP contribution < -0.4 is 14.8 Å². The number of amides is 1. The summed E-state index contributed by atoms with van der Waals surface area (Å²) in [4.78, 5) is 19.2. The fourth-order valence-electron chi connectivity index (χ4n) is 8.29. The Labute approximate surface area is 305 Å². The number of carbonyl (C=O) groups is 1. The molecule has 0 radical (unpaired) electrons. The van der Waals surface area contributed by atoms with E-state index in [1.807, 2.05) is 25.1 Å². The third-order valence-corrected chi connectivity index (χ3v) is 11.7. The van der Waals surface area contributed by atoms with Crippen LogP contribution in [-0.4, -0.2) is 66.5 Å². The van der Waals surface area contributed by atoms with Crippen LogP contribution in [0.25, 0.3) is 10.8 Å². The minimum absolute atomic E-state index is 0.101. The fourth-order valence-corrected chi connectivity index (χ4v) is 9.63. The normalized spacial score (nSPS) is 25.7. The molecule has 9 nitrogen and oxygen atoms in total. The average Bonchev–Trinajstić information content (AvgIpc) is 3.13. The maximum atomic E-state index is 12.6. The number of nitrogens with one attached hydrogen (secondary N) is 1. The first-order chi connectivity index (χ1) is 25.0. The monoisotopic (exact) mass is 714 g/mol. The number of fused-ring (bicyclic) bond motifs is 3. The molecule has 0 bridgehead atoms. The van der Waals surface area contributed by atoms with Gasteiger partial charge < -0.3 is 34.6 Å². The van der Waals surface area contributed by atoms with Crippen molar-refractivity contribution >= 4 is 34.3 Å². The smallest absolute Gasteiger partial charge is 0.412 e. The minimum atomic E-state index is -1.10. The van der Waals surface area contributed by atoms with Crippen molar-refractivity contribution in [3.05, 3.63) is 90.5 Å². The number of carbonyl (C=O) groups excluding carboxylic acids is 1. The molecule has 6 rings (SSSR count). The summed E-state index contributed by atoms with van der Waals surface area (Å²) in [5.74, 6) is -0.0419. The molecule has 51 heavy (non-hydrogen) atoms. The number of unbranched alkanes of at least 4 members (excludes halogenated alkanes) is 2. The molecule has 3 N–H and O–H groups in total. The molecule has 0 saturated heterocycles. The summed E-state index contributed by atoms with van der Waals surface area (Å²) in [5, 5.41) is 29.0. The fraction of sp³-hybridized carbons (Fsp3) is 0.463. The van der Waals surface area contributed by atoms with Gasteiger partial charge in [-0.1, -0.05) is 60.5 Å². The molecule has 0 aromatic heterocycles. The van der Waals surface area contributed by atoms with Gasteiger partial charge in [0.15, 0.2) is 0 Å². The lowest BCUT2D eigenvalue weighted by Gasteiger charge is -2.58. The molecule has 6 unspecified atom stereocenters. The molecule has 1 fully saturated rings. The zero-order valence-electron chi connectivity index (χ0n) is 29.6. The van der Waals surface area contributed by atoms with Crippen molar-refractivity contribution < 1.29 is 34.1 Å². The van der Waals surface area contributed by atoms with Gasteiger partial charge in [0, 0.05) is 42.6 Å². The summed E-state index contributed by atoms with van der Waals surface area (Å²) < 4.78 is 19.9. The van der Waals surface area contributed by atoms with Crippen molar-refractivity contribution in [2.45, 2.75) is 73.7 Å². The summed E-state index contributed by atoms with van der Waals surface area (Å²) >= 11 is 1.73. The molecule has 1 heterocycles. The van der Waals surface area contributed by atoms with Gasteiger partial charge in [-0.25, -0.2) is 4.79 Å². The highest BCUT2D eigenvalue weighted by Crippen LogP contribution is 2.63. The number of benzene rings is 3. The van der Waals surface area contributed by atoms with Gasteiger partial charge in [-0.2, -0.15) is 0 Å². The molecular weight excluding hydrogens is 665 g/mol. The highest BCUT2D eigenvalue weighted by Gasteiger charge is 2.64. The lowest BCUT2D eigenvalue weighted by atomic mass is 9.56. The maximum absolute atomic E-state index is 12.6. The zero-order chi connectivity index (χ0) is 35.8. The van der Waals surface area contributed by atoms with Crippen LogP contribution in [0.2, 0.25) is 0 Å². The van der Waals surface area contributed by atoms with Gasteiger partial charge in [0.2, 0.25) is 5.79 Å². The Kier molecular flexibility index (Phi) is 12.4. The van der Waals surface area contributed by atoms with Crippen molar-refractivity contribution in [2.75, 3.05) is 33.5 Å². The average molecular weight is 715 g/mol. The quantitative estimate of drug-likeness (QED) is 0.0776. The van der Waals surface area contributed by atoms with E-state index in [4.69, 9.17) is 19.0 Å². The zero-order valence-corrected chi connectivity index (χ0v) is 30.4. The van der Waals surface area contributed by atoms with Crippen LogP contribution in [0.1, 0.15) is 63.4 Å². The van der Waals surface area contributed by atoms with E-state index >= 15 is 0 Å². The van der Waals surface area contributed by atoms with Crippen LogP contribution in [0, 0.1) is 17.8 Å². The van der Waals surface area contributed by atoms with Crippen LogP contribution in [0.5, 0.6) is 11.5 Å². The van der Waals surface area contributed by atoms with Gasteiger partial charge in [0.25, 0.3) is 0 Å². The summed E-state index contributed by atoms with van der Waals surface area (Å²) in [6.45, 7) is 6.87. The molecule has 3 aromatic carbocycles. The number of hydrogen-bond donors (Lipinski definition) is 3. The predicted molar refractivity (Wildman–Crippen MR) is 201 cm³/mol. The molecule has 1 saturated carbocycles. The second-order valence-corrected chi connectivity index (χ2v) is 14.8. The second kappa shape index (κ2) is 17.1. The first-order valence-corrected chi connectivity index (χ1v) is 19.1. The van der Waals surface area contributed by atoms with Gasteiger partial charge in [-0.05, 0) is 91.1 Å². The summed E-state index contributed by atoms with van der Waals surface area (Å²) in [6, 6.07) is 20.5. The highest BCUT2D eigenvalue weighted by atomic mass is 32.2. The van der Waals surface area contributed by atoms with E-state index < -0.39 is 11.9 Å². The van der Waals surface area contributed by atoms with E-state index in [0.717, 1.165) is 59.2 Å². The number of aliphatic hydroxyl groups is 2. The number of aliphatic hydroxyl groups excluding tert-OH is 2. The molecule has 272 valence electrons. The number of allylic oxidation sites excluding steroid dienone is 1. The summed E-state index contributed by atoms with van der Waals surface area (Å²) in [7, 11) is 1.59. The van der Waals surface area contributed by atoms with E-state index in [1.54, 1.807) is 31.0 Å². The molecule has 10 heteroatoms. The molecule has 2 aliphatic carbocycles. The van der Waals surface area contributed by atoms with E-state index in [9.17, 15) is 15.0 Å². The van der Waals surface area contributed by atoms with Crippen molar-refractivity contribution in [2.24, 2.45) is 22.9 Å². The molecule has 1 aliphatic heterocycles. The third kappa shape index (κ3) is 7.84. The Morgan fingerprint density at radius 3 is 2.59 bits per heavy atom. The van der Waals surface area contributed by atoms with Crippen LogP contribution in [0.3, 0.4) is 0 Å². The molecule has 3 aliphatic rings. The summed E-state index contributed by atoms with van der Waals surface area (Å²) in [6.07, 6.45) is 9.07. The standard InChI is InChI=1S/C41H50N2O7S/c1-4-22-48-41-37(51-31-18-16-27-12-6-7-13-28(27)23-31)26-35(43-47-3)33-24-29(14-8-10-20-44)32(15-9-11-21-45)38(39(33)41)34-25-30(17-19-36(34)50-41)49-40(46)42-5-2/h4,6-7,12-13,16-19,23-25,29,32,37-39,44-45H,1,5,8-11,14-15,20-22,26H2,2-3H3,(H,42,46). The van der Waals surface area contributed by atoms with Crippen LogP contribution in [0.15, 0.2) is 95.0 Å². The molecule has 0 spiro atoms. The largest absolute Gasteiger partial charge is 0.460 e. The Hall–Kier alpha value is -3.83. The first-order valence-electron chi connectivity index (χ1n) is 18.2. The van der Waals surface area contributed by atoms with Gasteiger partial charge in [0.05, 0.1) is 23.5 Å². The number of thioether (sulfide) groups is 1. The Morgan fingerprint density at radius 1 is 1.06 bits per heavy atom. The minimum Gasteiger partial charge on any atom is -0.460 e. The predicted octanol–water partition coefficient (Wildman–Crippen LogP) is 8.00. The van der Waals surface area contributed by atoms with Crippen LogP contribution in [0.4, 0.5) is 4.79 Å². The number of oxime groups is 1. The third-order valence-electron chi connectivity index (χ3n) is 10.4. The van der Waals surface area contributed by atoms with E-state index in [-0.39, 0.29) is 48.7 Å². The van der Waals surface area contributed by atoms with Crippen molar-refractivity contribution in [1.82, 2.24) is 5.32 Å². The Bertz CT molecular complexity index is 1740. The SMILES string of the molecule is C=CCOC12Oc3ccc(OC(=O)NCC)cc3C3C(CCCCO)C(CCCCO)C=C(C(=NOC)CC1Sc1ccc4ccccc4c1)C32. The number of nitrogens with zero attached hydrogens (tertiary/aromatic N) is 1. The Balaban J connectivity index is 1.54. The van der Waals surface area contributed by atoms with Crippen molar-refractivity contribution in [1.29, 1.82) is 0 Å². The first kappa shape index (κ1) is 36.9. The highest BCUT2D eigenvalue weighted by molar-refractivity contribution is 8.00. The topological polar surface area (TPSA) is 119 Å². The van der Waals surface area contributed by atoms with Crippen molar-refractivity contribution in [3.63, 3.8) is 0 Å². The molecule has 3 aromatic rings. The van der Waals surface area contributed by atoms with Gasteiger partial charge in [-0.15, -0.1) is 18.3 Å². The lowest BCUT2D eigenvalue weighted by molar-refractivity contribution is -0.223. The van der Waals surface area contributed by atoms with Crippen molar-refractivity contribution in [3.8, 4) is 11.5 Å². The van der Waals surface area contributed by atoms with Gasteiger partial charge in [-0.3, -0.25) is 0 Å². The molecule has 1 amide bonds. The number of hydrogen-bond acceptors (Lipinski definition) is 9. The maximum Gasteiger partial charge on any atom is 0.412 e. The van der Waals surface area contributed by atoms with Crippen LogP contribution >= 0.6 is 11.8 Å². The second-order valence-electron chi connectivity index (χ2n) is 13.5. The van der Waals surface area contributed by atoms with E-state index in [0.29, 0.717) is 30.9 Å². The molecular formula is C41H50N2O7S. The van der Waals surface area contributed by atoms with Crippen LogP contribution in [-0.2, 0) is 9.57 Å². The van der Waals surface area contributed by atoms with Gasteiger partial charge >= 0.3 is 6.09 Å². The molecule has 6 atom stereocenters. The lowest BCUT2D eigenvalue weighted by Crippen LogP contribution is -2.64.